The number of anilines is 2. The van der Waals surface area contributed by atoms with E-state index >= 15 is 0 Å². The van der Waals surface area contributed by atoms with E-state index in [0.717, 1.165) is 23.4 Å². The summed E-state index contributed by atoms with van der Waals surface area (Å²) in [6.07, 6.45) is 0.872. The molecular weight excluding hydrogens is 280 g/mol. The molecule has 3 aromatic rings. The molecule has 2 heteroatoms. The van der Waals surface area contributed by atoms with Gasteiger partial charge >= 0.3 is 0 Å². The van der Waals surface area contributed by atoms with Crippen LogP contribution in [0.5, 0.6) is 0 Å². The number of aryl methyl sites for hydroxylation is 1. The van der Waals surface area contributed by atoms with Gasteiger partial charge in [-0.2, -0.15) is 0 Å². The van der Waals surface area contributed by atoms with E-state index in [4.69, 9.17) is 11.5 Å². The molecule has 0 heterocycles. The van der Waals surface area contributed by atoms with Gasteiger partial charge in [0.1, 0.15) is 0 Å². The number of nitrogens with two attached hydrogens (primary N) is 2. The first-order valence-electron chi connectivity index (χ1n) is 7.84. The molecule has 0 radical (unpaired) electrons. The van der Waals surface area contributed by atoms with Gasteiger partial charge in [0.05, 0.1) is 0 Å². The second-order valence-corrected chi connectivity index (χ2v) is 6.04. The molecule has 0 fully saturated rings. The van der Waals surface area contributed by atoms with Crippen molar-refractivity contribution in [3.05, 3.63) is 82.9 Å². The molecule has 0 saturated carbocycles. The first-order valence-corrected chi connectivity index (χ1v) is 7.84. The van der Waals surface area contributed by atoms with E-state index in [-0.39, 0.29) is 0 Å². The summed E-state index contributed by atoms with van der Waals surface area (Å²) in [4.78, 5) is 0. The summed E-state index contributed by atoms with van der Waals surface area (Å²) in [5.74, 6) is 0. The van der Waals surface area contributed by atoms with E-state index in [2.05, 4.69) is 56.3 Å². The quantitative estimate of drug-likeness (QED) is 0.687. The summed E-state index contributed by atoms with van der Waals surface area (Å²) in [6, 6.07) is 20.7. The Morgan fingerprint density at radius 3 is 2.13 bits per heavy atom. The molecule has 116 valence electrons. The van der Waals surface area contributed by atoms with Crippen molar-refractivity contribution in [1.82, 2.24) is 0 Å². The number of hydrogen-bond acceptors (Lipinski definition) is 2. The second kappa shape index (κ2) is 6.17. The first-order chi connectivity index (χ1) is 11.1. The molecule has 3 aromatic carbocycles. The van der Waals surface area contributed by atoms with Gasteiger partial charge in [0.2, 0.25) is 0 Å². The normalized spacial score (nSPS) is 10.7. The summed E-state index contributed by atoms with van der Waals surface area (Å²) in [5, 5.41) is 0. The van der Waals surface area contributed by atoms with Crippen LogP contribution in [0.2, 0.25) is 0 Å². The van der Waals surface area contributed by atoms with Crippen molar-refractivity contribution in [2.45, 2.75) is 20.3 Å². The van der Waals surface area contributed by atoms with E-state index in [1.54, 1.807) is 0 Å². The average Bonchev–Trinajstić information content (AvgIpc) is 2.57. The van der Waals surface area contributed by atoms with Gasteiger partial charge in [-0.25, -0.2) is 0 Å². The summed E-state index contributed by atoms with van der Waals surface area (Å²) in [7, 11) is 0. The molecule has 0 aliphatic heterocycles. The van der Waals surface area contributed by atoms with Crippen molar-refractivity contribution in [3.63, 3.8) is 0 Å². The fourth-order valence-electron chi connectivity index (χ4n) is 2.99. The topological polar surface area (TPSA) is 52.0 Å². The highest BCUT2D eigenvalue weighted by molar-refractivity contribution is 5.76. The summed E-state index contributed by atoms with van der Waals surface area (Å²) in [6.45, 7) is 4.18. The Morgan fingerprint density at radius 2 is 1.48 bits per heavy atom. The molecule has 3 rings (SSSR count). The van der Waals surface area contributed by atoms with Crippen LogP contribution in [0.4, 0.5) is 11.4 Å². The Bertz CT molecular complexity index is 819. The largest absolute Gasteiger partial charge is 0.399 e. The van der Waals surface area contributed by atoms with Crippen LogP contribution in [-0.4, -0.2) is 0 Å². The number of hydrogen-bond donors (Lipinski definition) is 2. The zero-order valence-corrected chi connectivity index (χ0v) is 13.6. The number of rotatable bonds is 3. The van der Waals surface area contributed by atoms with Crippen LogP contribution in [0.25, 0.3) is 11.1 Å². The molecule has 0 amide bonds. The van der Waals surface area contributed by atoms with Gasteiger partial charge in [0.15, 0.2) is 0 Å². The van der Waals surface area contributed by atoms with Gasteiger partial charge in [-0.1, -0.05) is 42.5 Å². The Morgan fingerprint density at radius 1 is 0.826 bits per heavy atom. The standard InChI is InChI=1S/C21H22N2/c1-14-12-20(17-8-10-18(22)11-9-17)19(15(2)21(14)23)13-16-6-4-3-5-7-16/h3-12H,13,22-23H2,1-2H3. The molecule has 0 saturated heterocycles. The smallest absolute Gasteiger partial charge is 0.0376 e. The molecule has 0 unspecified atom stereocenters. The summed E-state index contributed by atoms with van der Waals surface area (Å²) < 4.78 is 0. The van der Waals surface area contributed by atoms with E-state index < -0.39 is 0 Å². The van der Waals surface area contributed by atoms with Crippen LogP contribution in [0, 0.1) is 13.8 Å². The zero-order valence-electron chi connectivity index (χ0n) is 13.6. The van der Waals surface area contributed by atoms with Crippen molar-refractivity contribution in [2.24, 2.45) is 0 Å². The molecule has 0 spiro atoms. The van der Waals surface area contributed by atoms with Gasteiger partial charge in [0.25, 0.3) is 0 Å². The third-order valence-corrected chi connectivity index (χ3v) is 4.41. The minimum absolute atomic E-state index is 0.780. The molecule has 0 aromatic heterocycles. The minimum Gasteiger partial charge on any atom is -0.399 e. The lowest BCUT2D eigenvalue weighted by atomic mass is 9.88. The molecule has 23 heavy (non-hydrogen) atoms. The maximum absolute atomic E-state index is 6.29. The fourth-order valence-corrected chi connectivity index (χ4v) is 2.99. The van der Waals surface area contributed by atoms with Crippen LogP contribution >= 0.6 is 0 Å². The number of benzene rings is 3. The molecule has 0 aliphatic rings. The van der Waals surface area contributed by atoms with Crippen LogP contribution in [0.1, 0.15) is 22.3 Å². The van der Waals surface area contributed by atoms with Gasteiger partial charge in [-0.15, -0.1) is 0 Å². The molecule has 0 atom stereocenters. The molecule has 0 aliphatic carbocycles. The van der Waals surface area contributed by atoms with E-state index in [1.165, 1.54) is 27.8 Å². The lowest BCUT2D eigenvalue weighted by Crippen LogP contribution is -2.03. The maximum atomic E-state index is 6.29. The number of nitrogen functional groups attached to an aromatic ring is 2. The second-order valence-electron chi connectivity index (χ2n) is 6.04. The Kier molecular flexibility index (Phi) is 4.07. The maximum Gasteiger partial charge on any atom is 0.0376 e. The highest BCUT2D eigenvalue weighted by Crippen LogP contribution is 2.34. The van der Waals surface area contributed by atoms with Crippen LogP contribution in [0.3, 0.4) is 0 Å². The lowest BCUT2D eigenvalue weighted by Gasteiger charge is -2.18. The van der Waals surface area contributed by atoms with Gasteiger partial charge < -0.3 is 11.5 Å². The lowest BCUT2D eigenvalue weighted by molar-refractivity contribution is 1.15. The molecular formula is C21H22N2. The predicted octanol–water partition coefficient (Wildman–Crippen LogP) is 4.73. The summed E-state index contributed by atoms with van der Waals surface area (Å²) >= 11 is 0. The van der Waals surface area contributed by atoms with Gasteiger partial charge in [0, 0.05) is 11.4 Å². The van der Waals surface area contributed by atoms with Crippen molar-refractivity contribution in [1.29, 1.82) is 0 Å². The van der Waals surface area contributed by atoms with Crippen LogP contribution < -0.4 is 11.5 Å². The Labute approximate surface area is 137 Å². The predicted molar refractivity (Wildman–Crippen MR) is 99.4 cm³/mol. The first kappa shape index (κ1) is 15.2. The van der Waals surface area contributed by atoms with Crippen molar-refractivity contribution >= 4 is 11.4 Å². The zero-order chi connectivity index (χ0) is 16.4. The van der Waals surface area contributed by atoms with Crippen molar-refractivity contribution < 1.29 is 0 Å². The molecule has 2 nitrogen and oxygen atoms in total. The SMILES string of the molecule is Cc1cc(-c2ccc(N)cc2)c(Cc2ccccc2)c(C)c1N. The van der Waals surface area contributed by atoms with E-state index in [9.17, 15) is 0 Å². The molecule has 4 N–H and O–H groups in total. The Balaban J connectivity index is 2.16. The molecule has 0 bridgehead atoms. The van der Waals surface area contributed by atoms with Crippen LogP contribution in [0.15, 0.2) is 60.7 Å². The highest BCUT2D eigenvalue weighted by atomic mass is 14.6. The van der Waals surface area contributed by atoms with Gasteiger partial charge in [-0.3, -0.25) is 0 Å². The Hall–Kier alpha value is -2.74. The highest BCUT2D eigenvalue weighted by Gasteiger charge is 2.13. The van der Waals surface area contributed by atoms with Crippen LogP contribution in [-0.2, 0) is 6.42 Å². The van der Waals surface area contributed by atoms with Crippen molar-refractivity contribution in [2.75, 3.05) is 11.5 Å². The minimum atomic E-state index is 0.780. The van der Waals surface area contributed by atoms with E-state index in [1.807, 2.05) is 18.2 Å². The fraction of sp³-hybridized carbons (Fsp3) is 0.143. The van der Waals surface area contributed by atoms with E-state index in [0.29, 0.717) is 0 Å². The monoisotopic (exact) mass is 302 g/mol. The summed E-state index contributed by atoms with van der Waals surface area (Å²) in [5.41, 5.74) is 21.0. The average molecular weight is 302 g/mol. The van der Waals surface area contributed by atoms with Gasteiger partial charge in [-0.05, 0) is 71.8 Å². The van der Waals surface area contributed by atoms with Crippen molar-refractivity contribution in [3.8, 4) is 11.1 Å². The third-order valence-electron chi connectivity index (χ3n) is 4.41. The third kappa shape index (κ3) is 3.07.